The molecular weight excluding hydrogens is 256 g/mol. The van der Waals surface area contributed by atoms with Crippen molar-refractivity contribution in [3.05, 3.63) is 35.4 Å². The lowest BCUT2D eigenvalue weighted by molar-refractivity contribution is 0.136. The molecule has 0 amide bonds. The molecule has 1 atom stereocenters. The number of hydrogen-bond acceptors (Lipinski definition) is 2. The Morgan fingerprint density at radius 3 is 2.81 bits per heavy atom. The predicted molar refractivity (Wildman–Crippen MR) is 89.8 cm³/mol. The van der Waals surface area contributed by atoms with Crippen molar-refractivity contribution in [1.29, 1.82) is 0 Å². The lowest BCUT2D eigenvalue weighted by atomic mass is 9.79. The zero-order valence-electron chi connectivity index (χ0n) is 13.7. The van der Waals surface area contributed by atoms with Gasteiger partial charge in [0.05, 0.1) is 0 Å². The fraction of sp³-hybridized carbons (Fsp3) is 0.684. The van der Waals surface area contributed by atoms with Gasteiger partial charge in [-0.25, -0.2) is 0 Å². The van der Waals surface area contributed by atoms with Gasteiger partial charge in [0, 0.05) is 13.1 Å². The lowest BCUT2D eigenvalue weighted by Crippen LogP contribution is -2.42. The molecule has 1 saturated heterocycles. The van der Waals surface area contributed by atoms with E-state index in [9.17, 15) is 0 Å². The van der Waals surface area contributed by atoms with Gasteiger partial charge < -0.3 is 10.2 Å². The van der Waals surface area contributed by atoms with Crippen LogP contribution in [0.25, 0.3) is 0 Å². The summed E-state index contributed by atoms with van der Waals surface area (Å²) < 4.78 is 0. The van der Waals surface area contributed by atoms with Crippen molar-refractivity contribution in [2.75, 3.05) is 33.2 Å². The fourth-order valence-electron chi connectivity index (χ4n) is 3.95. The van der Waals surface area contributed by atoms with Crippen LogP contribution in [0.4, 0.5) is 0 Å². The summed E-state index contributed by atoms with van der Waals surface area (Å²) in [6.45, 7) is 7.30. The Hall–Kier alpha value is -0.860. The number of fused-ring (bicyclic) bond motifs is 1. The first-order chi connectivity index (χ1) is 10.2. The Bertz CT molecular complexity index is 460. The van der Waals surface area contributed by atoms with Crippen LogP contribution in [0.1, 0.15) is 49.7 Å². The van der Waals surface area contributed by atoms with Gasteiger partial charge in [0.15, 0.2) is 0 Å². The maximum Gasteiger partial charge on any atom is 0.00204 e. The maximum atomic E-state index is 3.80. The van der Waals surface area contributed by atoms with Crippen LogP contribution in [0, 0.1) is 5.41 Å². The molecule has 1 unspecified atom stereocenters. The second-order valence-corrected chi connectivity index (χ2v) is 7.53. The van der Waals surface area contributed by atoms with Gasteiger partial charge in [-0.1, -0.05) is 31.2 Å². The molecule has 2 nitrogen and oxygen atoms in total. The van der Waals surface area contributed by atoms with Crippen LogP contribution in [-0.2, 0) is 6.42 Å². The summed E-state index contributed by atoms with van der Waals surface area (Å²) in [5.41, 5.74) is 3.69. The molecular formula is C19H30N2. The molecule has 1 aliphatic heterocycles. The first-order valence-electron chi connectivity index (χ1n) is 8.63. The number of likely N-dealkylation sites (tertiary alicyclic amines) is 1. The van der Waals surface area contributed by atoms with Crippen molar-refractivity contribution in [2.24, 2.45) is 5.41 Å². The minimum absolute atomic E-state index is 0.501. The molecule has 0 aromatic heterocycles. The summed E-state index contributed by atoms with van der Waals surface area (Å²) in [5.74, 6) is 0.727. The van der Waals surface area contributed by atoms with Crippen molar-refractivity contribution < 1.29 is 0 Å². The number of aryl methyl sites for hydroxylation is 1. The zero-order chi connectivity index (χ0) is 14.7. The van der Waals surface area contributed by atoms with Gasteiger partial charge in [0.2, 0.25) is 0 Å². The Labute approximate surface area is 129 Å². The summed E-state index contributed by atoms with van der Waals surface area (Å²) in [6.07, 6.45) is 6.64. The normalized spacial score (nSPS) is 25.5. The van der Waals surface area contributed by atoms with Crippen molar-refractivity contribution in [3.8, 4) is 0 Å². The van der Waals surface area contributed by atoms with E-state index in [-0.39, 0.29) is 0 Å². The largest absolute Gasteiger partial charge is 0.316 e. The van der Waals surface area contributed by atoms with Gasteiger partial charge in [0.25, 0.3) is 0 Å². The van der Waals surface area contributed by atoms with Gasteiger partial charge in [-0.05, 0) is 74.7 Å². The number of benzene rings is 1. The molecule has 3 rings (SSSR count). The highest BCUT2D eigenvalue weighted by molar-refractivity contribution is 5.32. The van der Waals surface area contributed by atoms with E-state index >= 15 is 0 Å². The van der Waals surface area contributed by atoms with E-state index in [0.717, 1.165) is 12.5 Å². The van der Waals surface area contributed by atoms with Crippen molar-refractivity contribution >= 4 is 0 Å². The molecule has 2 aliphatic rings. The second kappa shape index (κ2) is 6.50. The molecule has 0 saturated carbocycles. The smallest absolute Gasteiger partial charge is 0.00204 e. The van der Waals surface area contributed by atoms with Gasteiger partial charge in [-0.2, -0.15) is 0 Å². The molecule has 21 heavy (non-hydrogen) atoms. The van der Waals surface area contributed by atoms with Crippen LogP contribution in [0.2, 0.25) is 0 Å². The van der Waals surface area contributed by atoms with Gasteiger partial charge in [-0.15, -0.1) is 0 Å². The molecule has 0 radical (unpaired) electrons. The summed E-state index contributed by atoms with van der Waals surface area (Å²) in [4.78, 5) is 2.46. The Kier molecular flexibility index (Phi) is 4.66. The highest BCUT2D eigenvalue weighted by Crippen LogP contribution is 2.32. The first-order valence-corrected chi connectivity index (χ1v) is 8.63. The van der Waals surface area contributed by atoms with E-state index in [1.54, 1.807) is 11.1 Å². The molecule has 1 aromatic carbocycles. The van der Waals surface area contributed by atoms with Crippen molar-refractivity contribution in [1.82, 2.24) is 10.2 Å². The van der Waals surface area contributed by atoms with E-state index < -0.39 is 0 Å². The van der Waals surface area contributed by atoms with Crippen LogP contribution in [0.5, 0.6) is 0 Å². The minimum Gasteiger partial charge on any atom is -0.316 e. The van der Waals surface area contributed by atoms with E-state index in [0.29, 0.717) is 5.41 Å². The summed E-state index contributed by atoms with van der Waals surface area (Å²) in [6, 6.07) is 9.06. The van der Waals surface area contributed by atoms with Crippen LogP contribution in [-0.4, -0.2) is 38.1 Å². The summed E-state index contributed by atoms with van der Waals surface area (Å²) >= 11 is 0. The standard InChI is InChI=1S/C19H30N2/c1-19(10-12-21(2)13-11-19)15-20-14-17-8-5-7-16-6-3-4-9-18(16)17/h3-4,6,9,17,20H,5,7-8,10-15H2,1-2H3. The summed E-state index contributed by atoms with van der Waals surface area (Å²) in [7, 11) is 2.24. The van der Waals surface area contributed by atoms with Gasteiger partial charge in [-0.3, -0.25) is 0 Å². The Morgan fingerprint density at radius 2 is 2.00 bits per heavy atom. The third kappa shape index (κ3) is 3.67. The molecule has 0 bridgehead atoms. The van der Waals surface area contributed by atoms with Crippen molar-refractivity contribution in [2.45, 2.75) is 44.9 Å². The third-order valence-electron chi connectivity index (χ3n) is 5.63. The van der Waals surface area contributed by atoms with E-state index in [1.807, 2.05) is 0 Å². The van der Waals surface area contributed by atoms with Crippen LogP contribution < -0.4 is 5.32 Å². The van der Waals surface area contributed by atoms with Crippen LogP contribution in [0.3, 0.4) is 0 Å². The average molecular weight is 286 g/mol. The van der Waals surface area contributed by atoms with E-state index in [4.69, 9.17) is 0 Å². The van der Waals surface area contributed by atoms with Gasteiger partial charge in [0.1, 0.15) is 0 Å². The SMILES string of the molecule is CN1CCC(C)(CNCC2CCCc3ccccc32)CC1. The highest BCUT2D eigenvalue weighted by Gasteiger charge is 2.29. The number of piperidine rings is 1. The van der Waals surface area contributed by atoms with Crippen molar-refractivity contribution in [3.63, 3.8) is 0 Å². The number of rotatable bonds is 4. The molecule has 2 heteroatoms. The molecule has 1 aromatic rings. The van der Waals surface area contributed by atoms with Crippen LogP contribution in [0.15, 0.2) is 24.3 Å². The van der Waals surface area contributed by atoms with Crippen LogP contribution >= 0.6 is 0 Å². The minimum atomic E-state index is 0.501. The van der Waals surface area contributed by atoms with Gasteiger partial charge >= 0.3 is 0 Å². The quantitative estimate of drug-likeness (QED) is 0.912. The first kappa shape index (κ1) is 15.1. The maximum absolute atomic E-state index is 3.80. The molecule has 1 heterocycles. The third-order valence-corrected chi connectivity index (χ3v) is 5.63. The lowest BCUT2D eigenvalue weighted by Gasteiger charge is -2.38. The monoisotopic (exact) mass is 286 g/mol. The molecule has 1 aliphatic carbocycles. The van der Waals surface area contributed by atoms with E-state index in [1.165, 1.54) is 51.7 Å². The number of nitrogens with one attached hydrogen (secondary N) is 1. The molecule has 1 fully saturated rings. The average Bonchev–Trinajstić information content (AvgIpc) is 2.51. The second-order valence-electron chi connectivity index (χ2n) is 7.53. The fourth-order valence-corrected chi connectivity index (χ4v) is 3.95. The zero-order valence-corrected chi connectivity index (χ0v) is 13.7. The van der Waals surface area contributed by atoms with E-state index in [2.05, 4.69) is 48.5 Å². The molecule has 0 spiro atoms. The number of hydrogen-bond donors (Lipinski definition) is 1. The molecule has 1 N–H and O–H groups in total. The number of nitrogens with zero attached hydrogens (tertiary/aromatic N) is 1. The topological polar surface area (TPSA) is 15.3 Å². The predicted octanol–water partition coefficient (Wildman–Crippen LogP) is 3.43. The molecule has 116 valence electrons. The Morgan fingerprint density at radius 1 is 1.24 bits per heavy atom. The summed E-state index contributed by atoms with van der Waals surface area (Å²) in [5, 5.41) is 3.80. The Balaban J connectivity index is 1.52. The highest BCUT2D eigenvalue weighted by atomic mass is 15.1.